The number of allylic oxidation sites excluding steroid dienone is 1. The standard InChI is InChI=1S/C29H40O4/c1-5-9-19-32-28-22-23(21-25(11-7-3)29(28)33-20-10-6-2)12-17-27(30)24-13-15-26(16-14-24)31-18-8-4/h12-17,21-22H,5-11,18-20H2,1-4H3. The number of ether oxygens (including phenoxy) is 3. The van der Waals surface area contributed by atoms with Crippen LogP contribution in [0.2, 0.25) is 0 Å². The Morgan fingerprint density at radius 3 is 2.12 bits per heavy atom. The van der Waals surface area contributed by atoms with Crippen molar-refractivity contribution in [3.05, 3.63) is 59.2 Å². The maximum Gasteiger partial charge on any atom is 0.185 e. The molecule has 0 unspecified atom stereocenters. The summed E-state index contributed by atoms with van der Waals surface area (Å²) in [5.74, 6) is 2.38. The van der Waals surface area contributed by atoms with Crippen LogP contribution in [-0.4, -0.2) is 25.6 Å². The molecule has 0 radical (unpaired) electrons. The Labute approximate surface area is 200 Å². The zero-order chi connectivity index (χ0) is 23.9. The van der Waals surface area contributed by atoms with E-state index in [2.05, 4.69) is 33.8 Å². The van der Waals surface area contributed by atoms with Gasteiger partial charge in [0.25, 0.3) is 0 Å². The van der Waals surface area contributed by atoms with Crippen LogP contribution in [0.1, 0.15) is 87.7 Å². The molecule has 0 saturated carbocycles. The van der Waals surface area contributed by atoms with Crippen molar-refractivity contribution in [3.8, 4) is 17.2 Å². The second-order valence-electron chi connectivity index (χ2n) is 8.23. The number of carbonyl (C=O) groups is 1. The van der Waals surface area contributed by atoms with E-state index in [0.29, 0.717) is 25.4 Å². The zero-order valence-electron chi connectivity index (χ0n) is 20.8. The van der Waals surface area contributed by atoms with E-state index in [0.717, 1.165) is 73.3 Å². The molecule has 0 amide bonds. The zero-order valence-corrected chi connectivity index (χ0v) is 20.8. The maximum absolute atomic E-state index is 12.7. The van der Waals surface area contributed by atoms with Crippen molar-refractivity contribution in [2.45, 2.75) is 72.6 Å². The van der Waals surface area contributed by atoms with Crippen molar-refractivity contribution in [2.24, 2.45) is 0 Å². The Bertz CT molecular complexity index is 868. The van der Waals surface area contributed by atoms with Gasteiger partial charge in [0.1, 0.15) is 5.75 Å². The van der Waals surface area contributed by atoms with Crippen LogP contribution >= 0.6 is 0 Å². The van der Waals surface area contributed by atoms with Gasteiger partial charge >= 0.3 is 0 Å². The van der Waals surface area contributed by atoms with E-state index in [4.69, 9.17) is 14.2 Å². The molecule has 0 fully saturated rings. The molecule has 0 aliphatic carbocycles. The summed E-state index contributed by atoms with van der Waals surface area (Å²) < 4.78 is 17.9. The van der Waals surface area contributed by atoms with Crippen LogP contribution in [-0.2, 0) is 6.42 Å². The quantitative estimate of drug-likeness (QED) is 0.149. The minimum atomic E-state index is -0.0363. The van der Waals surface area contributed by atoms with E-state index in [1.54, 1.807) is 6.08 Å². The maximum atomic E-state index is 12.7. The summed E-state index contributed by atoms with van der Waals surface area (Å²) in [7, 11) is 0. The van der Waals surface area contributed by atoms with E-state index in [1.807, 2.05) is 36.4 Å². The molecule has 2 aromatic rings. The highest BCUT2D eigenvalue weighted by Crippen LogP contribution is 2.35. The Kier molecular flexibility index (Phi) is 12.2. The second-order valence-corrected chi connectivity index (χ2v) is 8.23. The number of hydrogen-bond donors (Lipinski definition) is 0. The molecule has 0 spiro atoms. The summed E-state index contributed by atoms with van der Waals surface area (Å²) in [6, 6.07) is 11.4. The third-order valence-electron chi connectivity index (χ3n) is 5.21. The third kappa shape index (κ3) is 8.95. The normalized spacial score (nSPS) is 11.0. The molecular formula is C29H40O4. The molecule has 0 aliphatic rings. The molecule has 2 aromatic carbocycles. The lowest BCUT2D eigenvalue weighted by Crippen LogP contribution is -2.05. The van der Waals surface area contributed by atoms with Crippen molar-refractivity contribution in [2.75, 3.05) is 19.8 Å². The monoisotopic (exact) mass is 452 g/mol. The van der Waals surface area contributed by atoms with Crippen LogP contribution in [0.25, 0.3) is 6.08 Å². The van der Waals surface area contributed by atoms with Crippen LogP contribution in [0, 0.1) is 0 Å². The van der Waals surface area contributed by atoms with Crippen LogP contribution in [0.3, 0.4) is 0 Å². The molecule has 4 heteroatoms. The first-order chi connectivity index (χ1) is 16.1. The number of aryl methyl sites for hydroxylation is 1. The van der Waals surface area contributed by atoms with E-state index in [1.165, 1.54) is 0 Å². The Morgan fingerprint density at radius 2 is 1.48 bits per heavy atom. The molecule has 0 aromatic heterocycles. The summed E-state index contributed by atoms with van der Waals surface area (Å²) in [5.41, 5.74) is 2.72. The Morgan fingerprint density at radius 1 is 0.788 bits per heavy atom. The molecule has 4 nitrogen and oxygen atoms in total. The van der Waals surface area contributed by atoms with Crippen molar-refractivity contribution in [3.63, 3.8) is 0 Å². The molecule has 0 heterocycles. The van der Waals surface area contributed by atoms with E-state index >= 15 is 0 Å². The first kappa shape index (κ1) is 26.5. The number of rotatable bonds is 16. The predicted molar refractivity (Wildman–Crippen MR) is 137 cm³/mol. The van der Waals surface area contributed by atoms with Crippen LogP contribution in [0.5, 0.6) is 17.2 Å². The molecule has 0 aliphatic heterocycles. The average Bonchev–Trinajstić information content (AvgIpc) is 2.83. The largest absolute Gasteiger partial charge is 0.494 e. The number of benzene rings is 2. The second kappa shape index (κ2) is 15.2. The predicted octanol–water partition coefficient (Wildman–Crippen LogP) is 7.68. The van der Waals surface area contributed by atoms with Crippen LogP contribution in [0.15, 0.2) is 42.5 Å². The van der Waals surface area contributed by atoms with Gasteiger partial charge in [-0.05, 0) is 79.3 Å². The average molecular weight is 453 g/mol. The van der Waals surface area contributed by atoms with Crippen molar-refractivity contribution < 1.29 is 19.0 Å². The summed E-state index contributed by atoms with van der Waals surface area (Å²) in [6.07, 6.45) is 10.5. The molecule has 33 heavy (non-hydrogen) atoms. The van der Waals surface area contributed by atoms with Crippen molar-refractivity contribution >= 4 is 11.9 Å². The first-order valence-electron chi connectivity index (χ1n) is 12.5. The lowest BCUT2D eigenvalue weighted by molar-refractivity contribution is 0.104. The van der Waals surface area contributed by atoms with Gasteiger partial charge in [-0.2, -0.15) is 0 Å². The van der Waals surface area contributed by atoms with Gasteiger partial charge in [-0.1, -0.05) is 53.0 Å². The summed E-state index contributed by atoms with van der Waals surface area (Å²) >= 11 is 0. The fraction of sp³-hybridized carbons (Fsp3) is 0.483. The summed E-state index contributed by atoms with van der Waals surface area (Å²) in [6.45, 7) is 10.6. The van der Waals surface area contributed by atoms with Gasteiger partial charge in [-0.25, -0.2) is 0 Å². The number of ketones is 1. The fourth-order valence-corrected chi connectivity index (χ4v) is 3.35. The highest BCUT2D eigenvalue weighted by molar-refractivity contribution is 6.06. The SMILES string of the molecule is CCCCOc1cc(C=CC(=O)c2ccc(OCCC)cc2)cc(CCC)c1OCCCC. The highest BCUT2D eigenvalue weighted by atomic mass is 16.5. The topological polar surface area (TPSA) is 44.8 Å². The summed E-state index contributed by atoms with van der Waals surface area (Å²) in [4.78, 5) is 12.7. The first-order valence-corrected chi connectivity index (χ1v) is 12.5. The third-order valence-corrected chi connectivity index (χ3v) is 5.21. The number of hydrogen-bond acceptors (Lipinski definition) is 4. The minimum Gasteiger partial charge on any atom is -0.494 e. The van der Waals surface area contributed by atoms with Crippen molar-refractivity contribution in [1.29, 1.82) is 0 Å². The summed E-state index contributed by atoms with van der Waals surface area (Å²) in [5, 5.41) is 0. The lowest BCUT2D eigenvalue weighted by atomic mass is 10.0. The Balaban J connectivity index is 2.24. The van der Waals surface area contributed by atoms with Crippen LogP contribution < -0.4 is 14.2 Å². The fourth-order valence-electron chi connectivity index (χ4n) is 3.35. The van der Waals surface area contributed by atoms with Crippen molar-refractivity contribution in [1.82, 2.24) is 0 Å². The van der Waals surface area contributed by atoms with E-state index in [-0.39, 0.29) is 5.78 Å². The number of unbranched alkanes of at least 4 members (excludes halogenated alkanes) is 2. The van der Waals surface area contributed by atoms with Gasteiger partial charge in [0.05, 0.1) is 19.8 Å². The van der Waals surface area contributed by atoms with Gasteiger partial charge < -0.3 is 14.2 Å². The molecule has 180 valence electrons. The minimum absolute atomic E-state index is 0.0363. The van der Waals surface area contributed by atoms with Crippen LogP contribution in [0.4, 0.5) is 0 Å². The molecular weight excluding hydrogens is 412 g/mol. The Hall–Kier alpha value is -2.75. The van der Waals surface area contributed by atoms with Gasteiger partial charge in [-0.3, -0.25) is 4.79 Å². The van der Waals surface area contributed by atoms with Gasteiger partial charge in [0.15, 0.2) is 17.3 Å². The lowest BCUT2D eigenvalue weighted by Gasteiger charge is -2.17. The van der Waals surface area contributed by atoms with E-state index in [9.17, 15) is 4.79 Å². The molecule has 0 N–H and O–H groups in total. The van der Waals surface area contributed by atoms with Gasteiger partial charge in [0, 0.05) is 5.56 Å². The molecule has 0 bridgehead atoms. The van der Waals surface area contributed by atoms with E-state index < -0.39 is 0 Å². The number of carbonyl (C=O) groups excluding carboxylic acids is 1. The van der Waals surface area contributed by atoms with Gasteiger partial charge in [0.2, 0.25) is 0 Å². The smallest absolute Gasteiger partial charge is 0.185 e. The van der Waals surface area contributed by atoms with Gasteiger partial charge in [-0.15, -0.1) is 0 Å². The highest BCUT2D eigenvalue weighted by Gasteiger charge is 2.13. The molecule has 2 rings (SSSR count). The molecule has 0 saturated heterocycles. The molecule has 0 atom stereocenters.